The van der Waals surface area contributed by atoms with Crippen LogP contribution in [0, 0.1) is 0 Å². The van der Waals surface area contributed by atoms with Crippen LogP contribution in [0.4, 0.5) is 0 Å². The Morgan fingerprint density at radius 1 is 0.600 bits per heavy atom. The Hall–Kier alpha value is -3.82. The van der Waals surface area contributed by atoms with Gasteiger partial charge in [-0.1, -0.05) is 91.0 Å². The van der Waals surface area contributed by atoms with Crippen molar-refractivity contribution in [3.63, 3.8) is 0 Å². The van der Waals surface area contributed by atoms with Gasteiger partial charge in [-0.25, -0.2) is 10.2 Å². The van der Waals surface area contributed by atoms with Crippen LogP contribution in [-0.4, -0.2) is 62.5 Å². The predicted molar refractivity (Wildman–Crippen MR) is 176 cm³/mol. The fourth-order valence-corrected chi connectivity index (χ4v) is 6.04. The van der Waals surface area contributed by atoms with Crippen LogP contribution in [0.25, 0.3) is 0 Å². The molecule has 0 aliphatic heterocycles. The van der Waals surface area contributed by atoms with Gasteiger partial charge in [-0.3, -0.25) is 18.9 Å². The van der Waals surface area contributed by atoms with Gasteiger partial charge < -0.3 is 19.9 Å². The standard InChI is InChI=1S/C23H31N2O5P.C11H15NO2/c1-4-29-22(26)20(16-18-12-8-6-9-13-18)24-31(3,28)25-21(23(27)30-5-2)17-19-14-10-7-11-15-19;1-2-14-11(13)10(12)8-9-6-4-3-5-7-9/h6-15,20-21H,4-5,16-17H2,1-3H3,(H2,24,25,28);3-7,10H,2,8,12H2,1H3. The molecule has 0 saturated carbocycles. The van der Waals surface area contributed by atoms with Crippen LogP contribution < -0.4 is 15.9 Å². The minimum absolute atomic E-state index is 0.215. The molecule has 0 aliphatic carbocycles. The monoisotopic (exact) mass is 639 g/mol. The minimum Gasteiger partial charge on any atom is -0.465 e. The normalized spacial score (nSPS) is 14.0. The molecule has 3 aromatic rings. The summed E-state index contributed by atoms with van der Waals surface area (Å²) in [6, 6.07) is 26.3. The summed E-state index contributed by atoms with van der Waals surface area (Å²) in [5.41, 5.74) is 8.51. The summed E-state index contributed by atoms with van der Waals surface area (Å²) >= 11 is 0. The lowest BCUT2D eigenvalue weighted by Gasteiger charge is -2.26. The summed E-state index contributed by atoms with van der Waals surface area (Å²) in [5, 5.41) is 5.80. The van der Waals surface area contributed by atoms with Crippen molar-refractivity contribution in [1.29, 1.82) is 0 Å². The number of hydrogen-bond donors (Lipinski definition) is 3. The summed E-state index contributed by atoms with van der Waals surface area (Å²) < 4.78 is 28.5. The number of nitrogens with two attached hydrogens (primary N) is 1. The number of ether oxygens (including phenoxy) is 3. The number of hydrogen-bond acceptors (Lipinski definition) is 8. The third-order valence-corrected chi connectivity index (χ3v) is 8.01. The Bertz CT molecular complexity index is 1270. The fourth-order valence-electron chi connectivity index (χ4n) is 4.38. The van der Waals surface area contributed by atoms with Crippen LogP contribution in [-0.2, 0) is 52.4 Å². The largest absolute Gasteiger partial charge is 0.465 e. The molecule has 0 radical (unpaired) electrons. The molecule has 0 saturated heterocycles. The van der Waals surface area contributed by atoms with Gasteiger partial charge in [0.25, 0.3) is 0 Å². The first-order chi connectivity index (χ1) is 21.6. The molecule has 0 heterocycles. The van der Waals surface area contributed by atoms with Crippen LogP contribution in [0.5, 0.6) is 0 Å². The zero-order valence-corrected chi connectivity index (χ0v) is 27.4. The number of esters is 3. The summed E-state index contributed by atoms with van der Waals surface area (Å²) in [7, 11) is -3.34. The molecule has 3 aromatic carbocycles. The molecule has 3 unspecified atom stereocenters. The molecule has 4 N–H and O–H groups in total. The summed E-state index contributed by atoms with van der Waals surface area (Å²) in [5.74, 6) is -1.33. The van der Waals surface area contributed by atoms with Crippen molar-refractivity contribution in [1.82, 2.24) is 10.2 Å². The van der Waals surface area contributed by atoms with E-state index in [-0.39, 0.29) is 19.2 Å². The molecule has 11 heteroatoms. The lowest BCUT2D eigenvalue weighted by atomic mass is 10.1. The van der Waals surface area contributed by atoms with Crippen LogP contribution in [0.15, 0.2) is 91.0 Å². The Morgan fingerprint density at radius 3 is 1.24 bits per heavy atom. The van der Waals surface area contributed by atoms with E-state index in [1.54, 1.807) is 20.8 Å². The first kappa shape index (κ1) is 37.4. The van der Waals surface area contributed by atoms with E-state index in [1.807, 2.05) is 91.0 Å². The van der Waals surface area contributed by atoms with Gasteiger partial charge in [-0.15, -0.1) is 0 Å². The van der Waals surface area contributed by atoms with Crippen LogP contribution in [0.1, 0.15) is 37.5 Å². The zero-order valence-electron chi connectivity index (χ0n) is 26.5. The first-order valence-electron chi connectivity index (χ1n) is 15.1. The van der Waals surface area contributed by atoms with E-state index in [2.05, 4.69) is 10.2 Å². The predicted octanol–water partition coefficient (Wildman–Crippen LogP) is 4.46. The van der Waals surface area contributed by atoms with Gasteiger partial charge in [0.05, 0.1) is 19.8 Å². The molecule has 0 spiro atoms. The smallest absolute Gasteiger partial charge is 0.323 e. The van der Waals surface area contributed by atoms with Crippen molar-refractivity contribution in [2.75, 3.05) is 26.5 Å². The maximum absolute atomic E-state index is 13.4. The Kier molecular flexibility index (Phi) is 16.8. The lowest BCUT2D eigenvalue weighted by molar-refractivity contribution is -0.145. The molecule has 3 atom stereocenters. The maximum Gasteiger partial charge on any atom is 0.323 e. The van der Waals surface area contributed by atoms with Crippen LogP contribution in [0.2, 0.25) is 0 Å². The highest BCUT2D eigenvalue weighted by Crippen LogP contribution is 2.33. The molecule has 0 aromatic heterocycles. The van der Waals surface area contributed by atoms with Crippen molar-refractivity contribution in [3.05, 3.63) is 108 Å². The highest BCUT2D eigenvalue weighted by Gasteiger charge is 2.32. The van der Waals surface area contributed by atoms with E-state index in [0.717, 1.165) is 16.7 Å². The second-order valence-corrected chi connectivity index (χ2v) is 12.6. The number of nitrogens with one attached hydrogen (secondary N) is 2. The van der Waals surface area contributed by atoms with Crippen molar-refractivity contribution in [3.8, 4) is 0 Å². The zero-order chi connectivity index (χ0) is 33.1. The summed E-state index contributed by atoms with van der Waals surface area (Å²) in [4.78, 5) is 36.2. The van der Waals surface area contributed by atoms with Gasteiger partial charge >= 0.3 is 17.9 Å². The second-order valence-electron chi connectivity index (χ2n) is 10.2. The lowest BCUT2D eigenvalue weighted by Crippen LogP contribution is -2.45. The SMILES string of the molecule is CCOC(=O)C(Cc1ccccc1)NP(C)(=O)NC(Cc1ccccc1)C(=O)OCC.CCOC(=O)C(N)Cc1ccccc1. The summed E-state index contributed by atoms with van der Waals surface area (Å²) in [6.45, 7) is 7.48. The number of carbonyl (C=O) groups is 3. The van der Waals surface area contributed by atoms with Gasteiger partial charge in [0.1, 0.15) is 18.1 Å². The molecule has 0 bridgehead atoms. The average molecular weight is 640 g/mol. The molecular weight excluding hydrogens is 593 g/mol. The Balaban J connectivity index is 0.000000420. The Labute approximate surface area is 266 Å². The third kappa shape index (κ3) is 14.7. The topological polar surface area (TPSA) is 146 Å². The van der Waals surface area contributed by atoms with E-state index < -0.39 is 37.5 Å². The quantitative estimate of drug-likeness (QED) is 0.117. The van der Waals surface area contributed by atoms with E-state index in [1.165, 1.54) is 6.66 Å². The second kappa shape index (κ2) is 20.3. The van der Waals surface area contributed by atoms with Crippen molar-refractivity contribution >= 4 is 25.4 Å². The van der Waals surface area contributed by atoms with E-state index in [4.69, 9.17) is 19.9 Å². The molecule has 0 fully saturated rings. The molecule has 0 aliphatic rings. The van der Waals surface area contributed by atoms with E-state index in [9.17, 15) is 18.9 Å². The molecule has 244 valence electrons. The van der Waals surface area contributed by atoms with Gasteiger partial charge in [0.15, 0.2) is 0 Å². The van der Waals surface area contributed by atoms with Crippen molar-refractivity contribution < 1.29 is 33.2 Å². The van der Waals surface area contributed by atoms with Crippen molar-refractivity contribution in [2.45, 2.75) is 58.2 Å². The maximum atomic E-state index is 13.4. The van der Waals surface area contributed by atoms with Crippen molar-refractivity contribution in [2.24, 2.45) is 5.73 Å². The van der Waals surface area contributed by atoms with Crippen LogP contribution in [0.3, 0.4) is 0 Å². The molecule has 45 heavy (non-hydrogen) atoms. The number of benzene rings is 3. The average Bonchev–Trinajstić information content (AvgIpc) is 3.02. The fraction of sp³-hybridized carbons (Fsp3) is 0.382. The van der Waals surface area contributed by atoms with Gasteiger partial charge in [-0.05, 0) is 56.7 Å². The van der Waals surface area contributed by atoms with Gasteiger partial charge in [-0.2, -0.15) is 0 Å². The molecule has 10 nitrogen and oxygen atoms in total. The van der Waals surface area contributed by atoms with Gasteiger partial charge in [0, 0.05) is 6.66 Å². The minimum atomic E-state index is -3.34. The molecular formula is C34H46N3O7P. The molecule has 3 rings (SSSR count). The first-order valence-corrected chi connectivity index (χ1v) is 17.2. The summed E-state index contributed by atoms with van der Waals surface area (Å²) in [6.07, 6.45) is 1.14. The molecule has 0 amide bonds. The van der Waals surface area contributed by atoms with E-state index >= 15 is 0 Å². The van der Waals surface area contributed by atoms with Crippen LogP contribution >= 0.6 is 7.44 Å². The number of rotatable bonds is 16. The number of carbonyl (C=O) groups excluding carboxylic acids is 3. The van der Waals surface area contributed by atoms with E-state index in [0.29, 0.717) is 25.9 Å². The van der Waals surface area contributed by atoms with Gasteiger partial charge in [0.2, 0.25) is 7.44 Å². The highest BCUT2D eigenvalue weighted by atomic mass is 31.2. The highest BCUT2D eigenvalue weighted by molar-refractivity contribution is 7.59. The Morgan fingerprint density at radius 2 is 0.911 bits per heavy atom. The third-order valence-electron chi connectivity index (χ3n) is 6.40.